The Balaban J connectivity index is 2.36. The molecule has 0 radical (unpaired) electrons. The van der Waals surface area contributed by atoms with Gasteiger partial charge < -0.3 is 0 Å². The summed E-state index contributed by atoms with van der Waals surface area (Å²) in [7, 11) is -3.24. The molecule has 0 bridgehead atoms. The van der Waals surface area contributed by atoms with E-state index >= 15 is 0 Å². The molecular formula is C7H15NO2S. The molecule has 1 aliphatic rings. The van der Waals surface area contributed by atoms with Gasteiger partial charge in [-0.1, -0.05) is 26.2 Å². The van der Waals surface area contributed by atoms with E-state index in [4.69, 9.17) is 5.14 Å². The second-order valence-corrected chi connectivity index (χ2v) is 5.16. The largest absolute Gasteiger partial charge is 0.229 e. The molecule has 4 heteroatoms. The summed E-state index contributed by atoms with van der Waals surface area (Å²) >= 11 is 0. The molecule has 0 aromatic rings. The Bertz CT molecular complexity index is 219. The van der Waals surface area contributed by atoms with Crippen LogP contribution in [-0.4, -0.2) is 14.2 Å². The molecule has 0 heterocycles. The third-order valence-electron chi connectivity index (χ3n) is 2.45. The maximum atomic E-state index is 10.7. The van der Waals surface area contributed by atoms with Gasteiger partial charge in [-0.2, -0.15) is 0 Å². The number of hydrogen-bond acceptors (Lipinski definition) is 2. The molecule has 0 amide bonds. The third-order valence-corrected chi connectivity index (χ3v) is 3.44. The summed E-state index contributed by atoms with van der Waals surface area (Å²) in [5.74, 6) is 1.00. The van der Waals surface area contributed by atoms with Crippen LogP contribution >= 0.6 is 0 Å². The molecule has 0 aliphatic heterocycles. The van der Waals surface area contributed by atoms with Crippen molar-refractivity contribution < 1.29 is 8.42 Å². The quantitative estimate of drug-likeness (QED) is 0.690. The summed E-state index contributed by atoms with van der Waals surface area (Å²) in [6.45, 7) is 1.97. The van der Waals surface area contributed by atoms with Gasteiger partial charge in [0, 0.05) is 0 Å². The van der Waals surface area contributed by atoms with E-state index in [0.29, 0.717) is 5.92 Å². The number of sulfonamides is 1. The molecule has 3 nitrogen and oxygen atoms in total. The number of primary sulfonamides is 1. The summed E-state index contributed by atoms with van der Waals surface area (Å²) < 4.78 is 21.3. The Kier molecular flexibility index (Phi) is 2.54. The van der Waals surface area contributed by atoms with E-state index in [1.54, 1.807) is 0 Å². The van der Waals surface area contributed by atoms with Gasteiger partial charge in [0.15, 0.2) is 0 Å². The first-order valence-corrected chi connectivity index (χ1v) is 5.71. The van der Waals surface area contributed by atoms with Crippen LogP contribution in [0.5, 0.6) is 0 Å². The Labute approximate surface area is 68.0 Å². The lowest BCUT2D eigenvalue weighted by molar-refractivity contribution is 0.236. The predicted octanol–water partition coefficient (Wildman–Crippen LogP) is 0.711. The Morgan fingerprint density at radius 1 is 1.55 bits per heavy atom. The molecule has 1 atom stereocenters. The summed E-state index contributed by atoms with van der Waals surface area (Å²) in [6, 6.07) is 0. The molecule has 1 rings (SSSR count). The molecule has 0 saturated heterocycles. The van der Waals surface area contributed by atoms with E-state index in [1.807, 2.05) is 6.92 Å². The highest BCUT2D eigenvalue weighted by Gasteiger charge is 2.26. The molecule has 0 aromatic carbocycles. The second-order valence-electron chi connectivity index (χ2n) is 3.50. The van der Waals surface area contributed by atoms with Crippen LogP contribution in [0.15, 0.2) is 0 Å². The van der Waals surface area contributed by atoms with Crippen LogP contribution in [0.3, 0.4) is 0 Å². The summed E-state index contributed by atoms with van der Waals surface area (Å²) in [5.41, 5.74) is 0. The maximum absolute atomic E-state index is 10.7. The number of nitrogens with two attached hydrogens (primary N) is 1. The number of rotatable bonds is 3. The van der Waals surface area contributed by atoms with E-state index in [1.165, 1.54) is 19.3 Å². The fraction of sp³-hybridized carbons (Fsp3) is 1.00. The molecule has 1 saturated carbocycles. The van der Waals surface area contributed by atoms with Crippen LogP contribution in [0.2, 0.25) is 0 Å². The molecule has 66 valence electrons. The highest BCUT2D eigenvalue weighted by atomic mass is 32.2. The van der Waals surface area contributed by atoms with E-state index < -0.39 is 10.0 Å². The maximum Gasteiger partial charge on any atom is 0.209 e. The predicted molar refractivity (Wildman–Crippen MR) is 44.5 cm³/mol. The van der Waals surface area contributed by atoms with Crippen molar-refractivity contribution in [3.05, 3.63) is 0 Å². The molecule has 1 fully saturated rings. The van der Waals surface area contributed by atoms with E-state index in [2.05, 4.69) is 0 Å². The van der Waals surface area contributed by atoms with Crippen molar-refractivity contribution in [2.24, 2.45) is 17.0 Å². The van der Waals surface area contributed by atoms with Crippen molar-refractivity contribution in [2.45, 2.75) is 26.2 Å². The zero-order chi connectivity index (χ0) is 8.48. The first-order chi connectivity index (χ1) is 4.99. The standard InChI is InChI=1S/C7H15NO2S/c1-6(5-11(8,9)10)7-3-2-4-7/h6-7H,2-5H2,1H3,(H2,8,9,10). The van der Waals surface area contributed by atoms with Crippen LogP contribution in [-0.2, 0) is 10.0 Å². The Morgan fingerprint density at radius 3 is 2.36 bits per heavy atom. The second kappa shape index (κ2) is 3.11. The molecule has 2 N–H and O–H groups in total. The monoisotopic (exact) mass is 177 g/mol. The minimum absolute atomic E-state index is 0.150. The van der Waals surface area contributed by atoms with Gasteiger partial charge in [-0.3, -0.25) is 0 Å². The highest BCUT2D eigenvalue weighted by molar-refractivity contribution is 7.89. The van der Waals surface area contributed by atoms with Gasteiger partial charge in [-0.05, 0) is 11.8 Å². The zero-order valence-electron chi connectivity index (χ0n) is 6.79. The highest BCUT2D eigenvalue weighted by Crippen LogP contribution is 2.33. The Morgan fingerprint density at radius 2 is 2.09 bits per heavy atom. The van der Waals surface area contributed by atoms with Crippen molar-refractivity contribution in [1.29, 1.82) is 0 Å². The molecule has 1 aliphatic carbocycles. The van der Waals surface area contributed by atoms with Crippen molar-refractivity contribution >= 4 is 10.0 Å². The van der Waals surface area contributed by atoms with Gasteiger partial charge in [0.2, 0.25) is 10.0 Å². The van der Waals surface area contributed by atoms with Crippen molar-refractivity contribution in [3.63, 3.8) is 0 Å². The zero-order valence-corrected chi connectivity index (χ0v) is 7.60. The Hall–Kier alpha value is -0.0900. The van der Waals surface area contributed by atoms with E-state index in [0.717, 1.165) is 0 Å². The smallest absolute Gasteiger partial charge is 0.209 e. The van der Waals surface area contributed by atoms with Crippen LogP contribution < -0.4 is 5.14 Å². The molecule has 1 unspecified atom stereocenters. The average Bonchev–Trinajstić information content (AvgIpc) is 1.50. The molecule has 0 spiro atoms. The molecular weight excluding hydrogens is 162 g/mol. The lowest BCUT2D eigenvalue weighted by atomic mass is 9.77. The van der Waals surface area contributed by atoms with Gasteiger partial charge in [-0.15, -0.1) is 0 Å². The average molecular weight is 177 g/mol. The van der Waals surface area contributed by atoms with Crippen LogP contribution in [0.1, 0.15) is 26.2 Å². The first-order valence-electron chi connectivity index (χ1n) is 3.99. The van der Waals surface area contributed by atoms with Crippen molar-refractivity contribution in [2.75, 3.05) is 5.75 Å². The van der Waals surface area contributed by atoms with Crippen LogP contribution in [0, 0.1) is 11.8 Å². The SMILES string of the molecule is CC(CS(N)(=O)=O)C1CCC1. The fourth-order valence-electron chi connectivity index (χ4n) is 1.51. The summed E-state index contributed by atoms with van der Waals surface area (Å²) in [6.07, 6.45) is 3.60. The van der Waals surface area contributed by atoms with Gasteiger partial charge in [0.25, 0.3) is 0 Å². The third kappa shape index (κ3) is 2.79. The topological polar surface area (TPSA) is 60.2 Å². The molecule has 0 aromatic heterocycles. The van der Waals surface area contributed by atoms with Gasteiger partial charge in [0.05, 0.1) is 5.75 Å². The molecule has 11 heavy (non-hydrogen) atoms. The van der Waals surface area contributed by atoms with E-state index in [-0.39, 0.29) is 11.7 Å². The van der Waals surface area contributed by atoms with Gasteiger partial charge >= 0.3 is 0 Å². The lowest BCUT2D eigenvalue weighted by Gasteiger charge is -2.30. The minimum atomic E-state index is -3.24. The first kappa shape index (κ1) is 9.00. The minimum Gasteiger partial charge on any atom is -0.229 e. The fourth-order valence-corrected chi connectivity index (χ4v) is 2.52. The van der Waals surface area contributed by atoms with Crippen LogP contribution in [0.4, 0.5) is 0 Å². The van der Waals surface area contributed by atoms with Gasteiger partial charge in [0.1, 0.15) is 0 Å². The number of hydrogen-bond donors (Lipinski definition) is 1. The van der Waals surface area contributed by atoms with Crippen molar-refractivity contribution in [1.82, 2.24) is 0 Å². The lowest BCUT2D eigenvalue weighted by Crippen LogP contribution is -2.29. The van der Waals surface area contributed by atoms with Gasteiger partial charge in [-0.25, -0.2) is 13.6 Å². The van der Waals surface area contributed by atoms with Crippen molar-refractivity contribution in [3.8, 4) is 0 Å². The normalized spacial score (nSPS) is 22.7. The van der Waals surface area contributed by atoms with Crippen LogP contribution in [0.25, 0.3) is 0 Å². The summed E-state index contributed by atoms with van der Waals surface area (Å²) in [4.78, 5) is 0. The summed E-state index contributed by atoms with van der Waals surface area (Å²) in [5, 5.41) is 4.93. The van der Waals surface area contributed by atoms with E-state index in [9.17, 15) is 8.42 Å².